The lowest BCUT2D eigenvalue weighted by Gasteiger charge is -2.28. The number of nitrogens with zero attached hydrogens (tertiary/aromatic N) is 1. The van der Waals surface area contributed by atoms with E-state index >= 15 is 0 Å². The van der Waals surface area contributed by atoms with Crippen molar-refractivity contribution in [1.82, 2.24) is 4.90 Å². The number of hydrogen-bond acceptors (Lipinski definition) is 3. The zero-order valence-electron chi connectivity index (χ0n) is 14.0. The molecule has 3 heteroatoms. The Labute approximate surface area is 126 Å². The van der Waals surface area contributed by atoms with Gasteiger partial charge in [-0.25, -0.2) is 0 Å². The van der Waals surface area contributed by atoms with Crippen molar-refractivity contribution in [1.29, 1.82) is 0 Å². The Kier molecular flexibility index (Phi) is 12.5. The molecule has 0 spiro atoms. The lowest BCUT2D eigenvalue weighted by atomic mass is 10.1. The van der Waals surface area contributed by atoms with Gasteiger partial charge in [0.15, 0.2) is 0 Å². The number of unbranched alkanes of at least 4 members (excludes halogenated alkanes) is 11. The van der Waals surface area contributed by atoms with E-state index in [1.54, 1.807) is 11.9 Å². The van der Waals surface area contributed by atoms with Crippen molar-refractivity contribution in [2.24, 2.45) is 0 Å². The first-order chi connectivity index (χ1) is 9.48. The summed E-state index contributed by atoms with van der Waals surface area (Å²) in [5.74, 6) is -1.67. The third-order valence-corrected chi connectivity index (χ3v) is 4.07. The second-order valence-electron chi connectivity index (χ2n) is 6.28. The van der Waals surface area contributed by atoms with Crippen LogP contribution >= 0.6 is 0 Å². The van der Waals surface area contributed by atoms with E-state index in [9.17, 15) is 10.2 Å². The fourth-order valence-corrected chi connectivity index (χ4v) is 2.40. The number of hydrogen-bond donors (Lipinski definition) is 2. The van der Waals surface area contributed by atoms with Crippen molar-refractivity contribution >= 4 is 0 Å². The second-order valence-corrected chi connectivity index (χ2v) is 6.28. The van der Waals surface area contributed by atoms with E-state index < -0.39 is 5.91 Å². The predicted molar refractivity (Wildman–Crippen MR) is 86.6 cm³/mol. The molecule has 0 unspecified atom stereocenters. The lowest BCUT2D eigenvalue weighted by Crippen LogP contribution is -2.43. The first-order valence-electron chi connectivity index (χ1n) is 8.64. The summed E-state index contributed by atoms with van der Waals surface area (Å²) in [5.41, 5.74) is 0. The molecule has 0 aliphatic carbocycles. The van der Waals surface area contributed by atoms with Crippen molar-refractivity contribution in [2.75, 3.05) is 13.6 Å². The summed E-state index contributed by atoms with van der Waals surface area (Å²) in [5, 5.41) is 18.7. The summed E-state index contributed by atoms with van der Waals surface area (Å²) >= 11 is 0. The first kappa shape index (κ1) is 19.9. The monoisotopic (exact) mass is 287 g/mol. The molecule has 2 N–H and O–H groups in total. The fraction of sp³-hybridized carbons (Fsp3) is 1.00. The Hall–Kier alpha value is -0.120. The predicted octanol–water partition coefficient (Wildman–Crippen LogP) is 4.28. The van der Waals surface area contributed by atoms with Crippen LogP contribution in [0.4, 0.5) is 0 Å². The molecule has 0 atom stereocenters. The van der Waals surface area contributed by atoms with Crippen molar-refractivity contribution in [3.05, 3.63) is 0 Å². The van der Waals surface area contributed by atoms with Gasteiger partial charge in [0.05, 0.1) is 0 Å². The summed E-state index contributed by atoms with van der Waals surface area (Å²) in [6.45, 7) is 4.42. The standard InChI is InChI=1S/C17H37NO2/c1-4-5-6-7-8-9-10-11-12-13-14-15-16-18(3)17(2,19)20/h19-20H,4-16H2,1-3H3. The molecule has 0 aromatic rings. The molecule has 0 radical (unpaired) electrons. The molecule has 3 nitrogen and oxygen atoms in total. The van der Waals surface area contributed by atoms with Crippen molar-refractivity contribution < 1.29 is 10.2 Å². The van der Waals surface area contributed by atoms with Gasteiger partial charge in [0.2, 0.25) is 5.91 Å². The van der Waals surface area contributed by atoms with Gasteiger partial charge >= 0.3 is 0 Å². The van der Waals surface area contributed by atoms with Gasteiger partial charge < -0.3 is 10.2 Å². The van der Waals surface area contributed by atoms with Gasteiger partial charge in [-0.15, -0.1) is 0 Å². The van der Waals surface area contributed by atoms with E-state index in [1.807, 2.05) is 0 Å². The van der Waals surface area contributed by atoms with Crippen LogP contribution in [0.1, 0.15) is 90.9 Å². The zero-order valence-corrected chi connectivity index (χ0v) is 14.0. The molecule has 0 aromatic heterocycles. The van der Waals surface area contributed by atoms with Crippen LogP contribution in [0.3, 0.4) is 0 Å². The maximum atomic E-state index is 9.34. The normalized spacial score (nSPS) is 12.3. The molecule has 0 fully saturated rings. The first-order valence-corrected chi connectivity index (χ1v) is 8.64. The number of aliphatic hydroxyl groups is 2. The maximum Gasteiger partial charge on any atom is 0.221 e. The molecule has 0 aromatic carbocycles. The van der Waals surface area contributed by atoms with Gasteiger partial charge in [-0.3, -0.25) is 4.90 Å². The van der Waals surface area contributed by atoms with Gasteiger partial charge in [-0.2, -0.15) is 0 Å². The highest BCUT2D eigenvalue weighted by Crippen LogP contribution is 2.12. The van der Waals surface area contributed by atoms with Gasteiger partial charge in [0.1, 0.15) is 0 Å². The molecular formula is C17H37NO2. The molecule has 20 heavy (non-hydrogen) atoms. The van der Waals surface area contributed by atoms with E-state index in [0.29, 0.717) is 0 Å². The van der Waals surface area contributed by atoms with E-state index in [-0.39, 0.29) is 0 Å². The van der Waals surface area contributed by atoms with Crippen LogP contribution in [-0.2, 0) is 0 Å². The zero-order chi connectivity index (χ0) is 15.3. The van der Waals surface area contributed by atoms with E-state index in [2.05, 4.69) is 6.92 Å². The van der Waals surface area contributed by atoms with Crippen LogP contribution in [0, 0.1) is 0 Å². The summed E-state index contributed by atoms with van der Waals surface area (Å²) in [7, 11) is 1.75. The lowest BCUT2D eigenvalue weighted by molar-refractivity contribution is -0.242. The van der Waals surface area contributed by atoms with E-state index in [1.165, 1.54) is 77.6 Å². The molecule has 0 aliphatic heterocycles. The largest absolute Gasteiger partial charge is 0.353 e. The van der Waals surface area contributed by atoms with Gasteiger partial charge in [-0.1, -0.05) is 77.6 Å². The minimum Gasteiger partial charge on any atom is -0.353 e. The molecule has 0 heterocycles. The van der Waals surface area contributed by atoms with Gasteiger partial charge in [0, 0.05) is 13.5 Å². The maximum absolute atomic E-state index is 9.34. The van der Waals surface area contributed by atoms with Crippen molar-refractivity contribution in [3.8, 4) is 0 Å². The highest BCUT2D eigenvalue weighted by molar-refractivity contribution is 4.58. The highest BCUT2D eigenvalue weighted by atomic mass is 16.5. The third kappa shape index (κ3) is 12.9. The smallest absolute Gasteiger partial charge is 0.221 e. The Morgan fingerprint density at radius 3 is 1.40 bits per heavy atom. The quantitative estimate of drug-likeness (QED) is 0.370. The Morgan fingerprint density at radius 1 is 0.700 bits per heavy atom. The topological polar surface area (TPSA) is 43.7 Å². The average Bonchev–Trinajstić information content (AvgIpc) is 2.38. The summed E-state index contributed by atoms with van der Waals surface area (Å²) in [4.78, 5) is 1.59. The highest BCUT2D eigenvalue weighted by Gasteiger charge is 2.20. The van der Waals surface area contributed by atoms with Crippen molar-refractivity contribution in [3.63, 3.8) is 0 Å². The van der Waals surface area contributed by atoms with E-state index in [4.69, 9.17) is 0 Å². The molecule has 0 aliphatic rings. The second kappa shape index (κ2) is 12.6. The summed E-state index contributed by atoms with van der Waals surface area (Å²) in [6.07, 6.45) is 16.0. The van der Waals surface area contributed by atoms with Crippen LogP contribution < -0.4 is 0 Å². The van der Waals surface area contributed by atoms with Crippen LogP contribution in [0.25, 0.3) is 0 Å². The van der Waals surface area contributed by atoms with Crippen LogP contribution in [-0.4, -0.2) is 34.6 Å². The fourth-order valence-electron chi connectivity index (χ4n) is 2.40. The minimum atomic E-state index is -1.67. The Morgan fingerprint density at radius 2 is 1.05 bits per heavy atom. The Bertz CT molecular complexity index is 202. The van der Waals surface area contributed by atoms with Crippen LogP contribution in [0.15, 0.2) is 0 Å². The van der Waals surface area contributed by atoms with Gasteiger partial charge in [-0.05, 0) is 13.5 Å². The molecule has 0 amide bonds. The van der Waals surface area contributed by atoms with Crippen molar-refractivity contribution in [2.45, 2.75) is 96.8 Å². The molecule has 0 saturated heterocycles. The number of rotatable bonds is 14. The summed E-state index contributed by atoms with van der Waals surface area (Å²) in [6, 6.07) is 0. The minimum absolute atomic E-state index is 0.751. The third-order valence-electron chi connectivity index (χ3n) is 4.07. The van der Waals surface area contributed by atoms with Crippen LogP contribution in [0.2, 0.25) is 0 Å². The average molecular weight is 287 g/mol. The molecular weight excluding hydrogens is 250 g/mol. The van der Waals surface area contributed by atoms with Crippen LogP contribution in [0.5, 0.6) is 0 Å². The Balaban J connectivity index is 3.14. The summed E-state index contributed by atoms with van der Waals surface area (Å²) < 4.78 is 0. The molecule has 0 saturated carbocycles. The molecule has 0 rings (SSSR count). The van der Waals surface area contributed by atoms with Gasteiger partial charge in [0.25, 0.3) is 0 Å². The molecule has 0 bridgehead atoms. The SMILES string of the molecule is CCCCCCCCCCCCCCN(C)C(C)(O)O. The van der Waals surface area contributed by atoms with E-state index in [0.717, 1.165) is 13.0 Å². The molecule has 122 valence electrons.